The molecule has 2 nitrogen and oxygen atoms in total. The average Bonchev–Trinajstić information content (AvgIpc) is 2.17. The van der Waals surface area contributed by atoms with Crippen molar-refractivity contribution >= 4 is 11.4 Å². The van der Waals surface area contributed by atoms with Crippen LogP contribution in [0.2, 0.25) is 0 Å². The van der Waals surface area contributed by atoms with Crippen LogP contribution in [0, 0.1) is 5.82 Å². The summed E-state index contributed by atoms with van der Waals surface area (Å²) in [7, 11) is 2.08. The number of hydrogen-bond acceptors (Lipinski definition) is 2. The van der Waals surface area contributed by atoms with Crippen molar-refractivity contribution in [2.45, 2.75) is 24.8 Å². The summed E-state index contributed by atoms with van der Waals surface area (Å²) in [6, 6.07) is 5.28. The van der Waals surface area contributed by atoms with Crippen LogP contribution in [0.15, 0.2) is 18.2 Å². The maximum Gasteiger partial charge on any atom is 0.148 e. The van der Waals surface area contributed by atoms with Crippen molar-refractivity contribution in [3.8, 4) is 0 Å². The summed E-state index contributed by atoms with van der Waals surface area (Å²) >= 11 is 0. The van der Waals surface area contributed by atoms with E-state index in [1.807, 2.05) is 6.07 Å². The largest absolute Gasteiger partial charge is 0.379 e. The summed E-state index contributed by atoms with van der Waals surface area (Å²) in [5, 5.41) is 3.24. The fourth-order valence-electron chi connectivity index (χ4n) is 2.69. The molecule has 80 valence electrons. The van der Waals surface area contributed by atoms with Crippen LogP contribution in [0.3, 0.4) is 0 Å². The van der Waals surface area contributed by atoms with Gasteiger partial charge in [-0.25, -0.2) is 4.39 Å². The van der Waals surface area contributed by atoms with Crippen LogP contribution in [0.25, 0.3) is 0 Å². The quantitative estimate of drug-likeness (QED) is 0.702. The zero-order chi connectivity index (χ0) is 10.5. The second-order valence-electron chi connectivity index (χ2n) is 4.62. The van der Waals surface area contributed by atoms with Gasteiger partial charge < -0.3 is 10.2 Å². The molecule has 1 N–H and O–H groups in total. The lowest BCUT2D eigenvalue weighted by atomic mass is 9.74. The van der Waals surface area contributed by atoms with Gasteiger partial charge in [0, 0.05) is 13.6 Å². The molecule has 15 heavy (non-hydrogen) atoms. The van der Waals surface area contributed by atoms with Crippen LogP contribution < -0.4 is 10.2 Å². The van der Waals surface area contributed by atoms with Crippen LogP contribution in [0.4, 0.5) is 15.8 Å². The Morgan fingerprint density at radius 1 is 1.40 bits per heavy atom. The van der Waals surface area contributed by atoms with E-state index in [4.69, 9.17) is 0 Å². The highest BCUT2D eigenvalue weighted by atomic mass is 19.1. The Morgan fingerprint density at radius 3 is 2.87 bits per heavy atom. The van der Waals surface area contributed by atoms with E-state index in [0.717, 1.165) is 12.2 Å². The zero-order valence-corrected chi connectivity index (χ0v) is 8.89. The molecule has 1 saturated carbocycles. The molecule has 3 rings (SSSR count). The summed E-state index contributed by atoms with van der Waals surface area (Å²) < 4.78 is 13.5. The molecular weight excluding hydrogens is 191 g/mol. The smallest absolute Gasteiger partial charge is 0.148 e. The first-order valence-corrected chi connectivity index (χ1v) is 5.49. The number of likely N-dealkylation sites (N-methyl/N-ethyl adjacent to an activating group) is 1. The zero-order valence-electron chi connectivity index (χ0n) is 8.89. The third-order valence-corrected chi connectivity index (χ3v) is 3.94. The Labute approximate surface area is 89.1 Å². The van der Waals surface area contributed by atoms with Crippen molar-refractivity contribution in [3.05, 3.63) is 24.0 Å². The van der Waals surface area contributed by atoms with Gasteiger partial charge in [0.15, 0.2) is 0 Å². The van der Waals surface area contributed by atoms with Crippen LogP contribution in [-0.2, 0) is 0 Å². The Kier molecular flexibility index (Phi) is 1.73. The Bertz CT molecular complexity index is 399. The second kappa shape index (κ2) is 2.87. The van der Waals surface area contributed by atoms with Crippen LogP contribution in [0.5, 0.6) is 0 Å². The second-order valence-corrected chi connectivity index (χ2v) is 4.62. The van der Waals surface area contributed by atoms with Gasteiger partial charge >= 0.3 is 0 Å². The molecule has 1 fully saturated rings. The molecule has 2 aliphatic rings. The van der Waals surface area contributed by atoms with Crippen LogP contribution >= 0.6 is 0 Å². The van der Waals surface area contributed by atoms with Crippen molar-refractivity contribution in [3.63, 3.8) is 0 Å². The lowest BCUT2D eigenvalue weighted by Gasteiger charge is -2.53. The molecule has 0 amide bonds. The van der Waals surface area contributed by atoms with Gasteiger partial charge in [0.05, 0.1) is 16.9 Å². The van der Waals surface area contributed by atoms with E-state index in [-0.39, 0.29) is 11.4 Å². The molecule has 0 bridgehead atoms. The van der Waals surface area contributed by atoms with Gasteiger partial charge in [0.25, 0.3) is 0 Å². The van der Waals surface area contributed by atoms with Crippen molar-refractivity contribution < 1.29 is 4.39 Å². The third kappa shape index (κ3) is 1.09. The number of nitrogens with one attached hydrogen (secondary N) is 1. The molecule has 0 unspecified atom stereocenters. The maximum absolute atomic E-state index is 13.5. The maximum atomic E-state index is 13.5. The summed E-state index contributed by atoms with van der Waals surface area (Å²) in [4.78, 5) is 2.26. The van der Waals surface area contributed by atoms with Crippen LogP contribution in [-0.4, -0.2) is 19.1 Å². The molecule has 1 aromatic carbocycles. The SMILES string of the molecule is CN1c2cccc(F)c2NCC12CCC2. The van der Waals surface area contributed by atoms with Gasteiger partial charge in [0.1, 0.15) is 5.82 Å². The monoisotopic (exact) mass is 206 g/mol. The first kappa shape index (κ1) is 9.01. The number of halogens is 1. The normalized spacial score (nSPS) is 21.9. The summed E-state index contributed by atoms with van der Waals surface area (Å²) in [5.74, 6) is -0.145. The molecule has 1 aliphatic heterocycles. The number of benzene rings is 1. The van der Waals surface area contributed by atoms with Gasteiger partial charge in [-0.1, -0.05) is 6.07 Å². The topological polar surface area (TPSA) is 15.3 Å². The van der Waals surface area contributed by atoms with E-state index < -0.39 is 0 Å². The lowest BCUT2D eigenvalue weighted by molar-refractivity contribution is 0.248. The molecule has 3 heteroatoms. The van der Waals surface area contributed by atoms with E-state index in [1.165, 1.54) is 25.3 Å². The minimum Gasteiger partial charge on any atom is -0.379 e. The van der Waals surface area contributed by atoms with Crippen LogP contribution in [0.1, 0.15) is 19.3 Å². The molecule has 1 aliphatic carbocycles. The first-order valence-electron chi connectivity index (χ1n) is 5.49. The fraction of sp³-hybridized carbons (Fsp3) is 0.500. The van der Waals surface area contributed by atoms with E-state index in [9.17, 15) is 4.39 Å². The molecule has 1 aromatic rings. The van der Waals surface area contributed by atoms with Gasteiger partial charge in [-0.3, -0.25) is 0 Å². The molecule has 0 saturated heterocycles. The summed E-state index contributed by atoms with van der Waals surface area (Å²) in [5.41, 5.74) is 1.92. The van der Waals surface area contributed by atoms with Crippen molar-refractivity contribution in [2.75, 3.05) is 23.8 Å². The molecule has 1 heterocycles. The van der Waals surface area contributed by atoms with E-state index >= 15 is 0 Å². The highest BCUT2D eigenvalue weighted by Crippen LogP contribution is 2.45. The first-order chi connectivity index (χ1) is 7.23. The van der Waals surface area contributed by atoms with Gasteiger partial charge in [-0.2, -0.15) is 0 Å². The van der Waals surface area contributed by atoms with Crippen molar-refractivity contribution in [1.29, 1.82) is 0 Å². The van der Waals surface area contributed by atoms with Crippen molar-refractivity contribution in [1.82, 2.24) is 0 Å². The number of nitrogens with zero attached hydrogens (tertiary/aromatic N) is 1. The summed E-state index contributed by atoms with van der Waals surface area (Å²) in [6.07, 6.45) is 3.72. The molecule has 0 aromatic heterocycles. The highest BCUT2D eigenvalue weighted by Gasteiger charge is 2.44. The van der Waals surface area contributed by atoms with E-state index in [1.54, 1.807) is 6.07 Å². The minimum atomic E-state index is -0.145. The van der Waals surface area contributed by atoms with Crippen molar-refractivity contribution in [2.24, 2.45) is 0 Å². The number of fused-ring (bicyclic) bond motifs is 1. The summed E-state index contributed by atoms with van der Waals surface area (Å²) in [6.45, 7) is 0.872. The van der Waals surface area contributed by atoms with Gasteiger partial charge in [0.2, 0.25) is 0 Å². The predicted octanol–water partition coefficient (Wildman–Crippen LogP) is 2.61. The molecule has 0 radical (unpaired) electrons. The number of anilines is 2. The Hall–Kier alpha value is -1.25. The highest BCUT2D eigenvalue weighted by molar-refractivity contribution is 5.74. The average molecular weight is 206 g/mol. The number of para-hydroxylation sites is 1. The number of hydrogen-bond donors (Lipinski definition) is 1. The molecular formula is C12H15FN2. The third-order valence-electron chi connectivity index (χ3n) is 3.94. The molecule has 1 spiro atoms. The fourth-order valence-corrected chi connectivity index (χ4v) is 2.69. The minimum absolute atomic E-state index is 0.145. The number of rotatable bonds is 0. The van der Waals surface area contributed by atoms with Gasteiger partial charge in [-0.05, 0) is 31.4 Å². The van der Waals surface area contributed by atoms with Gasteiger partial charge in [-0.15, -0.1) is 0 Å². The standard InChI is InChI=1S/C12H15FN2/c1-15-10-5-2-4-9(13)11(10)14-8-12(15)6-3-7-12/h2,4-5,14H,3,6-8H2,1H3. The Morgan fingerprint density at radius 2 is 2.20 bits per heavy atom. The lowest BCUT2D eigenvalue weighted by Crippen LogP contribution is -2.59. The molecule has 0 atom stereocenters. The van der Waals surface area contributed by atoms with E-state index in [2.05, 4.69) is 17.3 Å². The van der Waals surface area contributed by atoms with E-state index in [0.29, 0.717) is 5.69 Å². The Balaban J connectivity index is 2.06. The predicted molar refractivity (Wildman–Crippen MR) is 59.9 cm³/mol.